The van der Waals surface area contributed by atoms with Gasteiger partial charge in [0.1, 0.15) is 11.3 Å². The van der Waals surface area contributed by atoms with Crippen molar-refractivity contribution in [2.75, 3.05) is 5.32 Å². The average Bonchev–Trinajstić information content (AvgIpc) is 3.33. The highest BCUT2D eigenvalue weighted by atomic mass is 19.1. The number of fused-ring (bicyclic) bond motifs is 1. The Labute approximate surface area is 172 Å². The molecule has 0 unspecified atom stereocenters. The maximum absolute atomic E-state index is 13.3. The molecule has 0 atom stereocenters. The van der Waals surface area contributed by atoms with Crippen LogP contribution in [0.25, 0.3) is 16.8 Å². The van der Waals surface area contributed by atoms with Crippen LogP contribution in [0, 0.1) is 5.82 Å². The molecule has 1 amide bonds. The number of halogens is 1. The Morgan fingerprint density at radius 1 is 1.20 bits per heavy atom. The van der Waals surface area contributed by atoms with E-state index >= 15 is 0 Å². The summed E-state index contributed by atoms with van der Waals surface area (Å²) in [6.45, 7) is 3.99. The van der Waals surface area contributed by atoms with Crippen LogP contribution in [-0.4, -0.2) is 20.7 Å². The largest absolute Gasteiger partial charge is 0.440 e. The fourth-order valence-electron chi connectivity index (χ4n) is 3.60. The van der Waals surface area contributed by atoms with E-state index in [0.29, 0.717) is 22.9 Å². The number of oxazole rings is 1. The van der Waals surface area contributed by atoms with Gasteiger partial charge in [0.05, 0.1) is 23.1 Å². The summed E-state index contributed by atoms with van der Waals surface area (Å²) < 4.78 is 20.8. The van der Waals surface area contributed by atoms with Crippen molar-refractivity contribution in [1.29, 1.82) is 0 Å². The normalized spacial score (nSPS) is 13.9. The van der Waals surface area contributed by atoms with E-state index in [4.69, 9.17) is 4.42 Å². The molecule has 2 aromatic heterocycles. The summed E-state index contributed by atoms with van der Waals surface area (Å²) in [5, 5.41) is 7.33. The van der Waals surface area contributed by atoms with E-state index in [1.807, 2.05) is 32.0 Å². The number of aromatic nitrogens is 3. The van der Waals surface area contributed by atoms with Gasteiger partial charge in [-0.1, -0.05) is 13.8 Å². The van der Waals surface area contributed by atoms with Crippen LogP contribution in [0.2, 0.25) is 0 Å². The van der Waals surface area contributed by atoms with Gasteiger partial charge in [0.2, 0.25) is 0 Å². The van der Waals surface area contributed by atoms with Gasteiger partial charge < -0.3 is 9.73 Å². The molecule has 1 aliphatic rings. The molecule has 0 aliphatic heterocycles. The van der Waals surface area contributed by atoms with Crippen molar-refractivity contribution in [3.8, 4) is 5.69 Å². The maximum Gasteiger partial charge on any atom is 0.259 e. The van der Waals surface area contributed by atoms with Crippen molar-refractivity contribution in [1.82, 2.24) is 14.8 Å². The van der Waals surface area contributed by atoms with Crippen LogP contribution in [0.15, 0.2) is 53.1 Å². The van der Waals surface area contributed by atoms with E-state index in [1.54, 1.807) is 23.0 Å². The van der Waals surface area contributed by atoms with Gasteiger partial charge in [0.15, 0.2) is 11.5 Å². The average molecular weight is 404 g/mol. The zero-order valence-corrected chi connectivity index (χ0v) is 16.7. The molecular weight excluding hydrogens is 383 g/mol. The molecule has 6 nitrogen and oxygen atoms in total. The van der Waals surface area contributed by atoms with Gasteiger partial charge in [-0.2, -0.15) is 5.10 Å². The van der Waals surface area contributed by atoms with E-state index in [9.17, 15) is 9.18 Å². The molecule has 7 heteroatoms. The Bertz CT molecular complexity index is 1240. The first-order valence-electron chi connectivity index (χ1n) is 10.1. The third-order valence-electron chi connectivity index (χ3n) is 5.26. The number of hydrogen-bond donors (Lipinski definition) is 1. The highest BCUT2D eigenvalue weighted by Crippen LogP contribution is 2.40. The van der Waals surface area contributed by atoms with Gasteiger partial charge in [-0.3, -0.25) is 4.79 Å². The van der Waals surface area contributed by atoms with Crippen LogP contribution in [0.3, 0.4) is 0 Å². The van der Waals surface area contributed by atoms with Crippen LogP contribution in [-0.2, 0) is 0 Å². The number of carbonyl (C=O) groups excluding carboxylic acids is 1. The van der Waals surface area contributed by atoms with Crippen molar-refractivity contribution in [2.24, 2.45) is 0 Å². The van der Waals surface area contributed by atoms with Gasteiger partial charge in [-0.05, 0) is 61.2 Å². The standard InChI is InChI=1S/C23H21FN4O2/c1-13(2)21-18(12-25-28(21)17-8-5-15(24)6-9-17)22(29)26-16-7-10-20-19(11-16)27-23(30-20)14-3-4-14/h5-14H,3-4H2,1-2H3,(H,26,29). The zero-order chi connectivity index (χ0) is 20.8. The third kappa shape index (κ3) is 3.36. The van der Waals surface area contributed by atoms with E-state index in [-0.39, 0.29) is 17.6 Å². The molecule has 2 heterocycles. The molecule has 2 aromatic carbocycles. The molecule has 4 aromatic rings. The minimum Gasteiger partial charge on any atom is -0.440 e. The van der Waals surface area contributed by atoms with Gasteiger partial charge in [-0.25, -0.2) is 14.1 Å². The van der Waals surface area contributed by atoms with Crippen LogP contribution in [0.1, 0.15) is 60.5 Å². The van der Waals surface area contributed by atoms with Gasteiger partial charge >= 0.3 is 0 Å². The minimum atomic E-state index is -0.317. The first kappa shape index (κ1) is 18.5. The molecule has 152 valence electrons. The maximum atomic E-state index is 13.3. The molecule has 1 N–H and O–H groups in total. The highest BCUT2D eigenvalue weighted by molar-refractivity contribution is 6.05. The second kappa shape index (κ2) is 7.09. The summed E-state index contributed by atoms with van der Waals surface area (Å²) in [6, 6.07) is 11.5. The first-order chi connectivity index (χ1) is 14.5. The number of benzene rings is 2. The van der Waals surface area contributed by atoms with Crippen LogP contribution < -0.4 is 5.32 Å². The lowest BCUT2D eigenvalue weighted by Gasteiger charge is -2.13. The smallest absolute Gasteiger partial charge is 0.259 e. The molecule has 1 saturated carbocycles. The first-order valence-corrected chi connectivity index (χ1v) is 10.1. The third-order valence-corrected chi connectivity index (χ3v) is 5.26. The lowest BCUT2D eigenvalue weighted by molar-refractivity contribution is 0.102. The van der Waals surface area contributed by atoms with E-state index in [0.717, 1.165) is 35.5 Å². The fourth-order valence-corrected chi connectivity index (χ4v) is 3.60. The van der Waals surface area contributed by atoms with Crippen molar-refractivity contribution >= 4 is 22.7 Å². The van der Waals surface area contributed by atoms with Gasteiger partial charge in [0.25, 0.3) is 5.91 Å². The predicted octanol–water partition coefficient (Wildman–Crippen LogP) is 5.41. The summed E-state index contributed by atoms with van der Waals surface area (Å²) in [6.07, 6.45) is 3.78. The van der Waals surface area contributed by atoms with Crippen LogP contribution >= 0.6 is 0 Å². The van der Waals surface area contributed by atoms with Crippen molar-refractivity contribution in [3.05, 3.63) is 71.6 Å². The quantitative estimate of drug-likeness (QED) is 0.483. The molecule has 0 radical (unpaired) electrons. The van der Waals surface area contributed by atoms with Crippen molar-refractivity contribution in [2.45, 2.75) is 38.5 Å². The number of nitrogens with zero attached hydrogens (tertiary/aromatic N) is 3. The van der Waals surface area contributed by atoms with Crippen molar-refractivity contribution < 1.29 is 13.6 Å². The molecule has 5 rings (SSSR count). The summed E-state index contributed by atoms with van der Waals surface area (Å²) in [7, 11) is 0. The second-order valence-electron chi connectivity index (χ2n) is 7.95. The number of carbonyl (C=O) groups is 1. The second-order valence-corrected chi connectivity index (χ2v) is 7.95. The Morgan fingerprint density at radius 3 is 2.67 bits per heavy atom. The summed E-state index contributed by atoms with van der Waals surface area (Å²) in [4.78, 5) is 17.6. The number of nitrogens with one attached hydrogen (secondary N) is 1. The molecular formula is C23H21FN4O2. The van der Waals surface area contributed by atoms with E-state index < -0.39 is 0 Å². The molecule has 0 spiro atoms. The van der Waals surface area contributed by atoms with E-state index in [1.165, 1.54) is 12.1 Å². The number of amides is 1. The number of rotatable bonds is 5. The topological polar surface area (TPSA) is 73.0 Å². The summed E-state index contributed by atoms with van der Waals surface area (Å²) in [5.74, 6) is 0.676. The molecule has 1 fully saturated rings. The number of hydrogen-bond acceptors (Lipinski definition) is 4. The lowest BCUT2D eigenvalue weighted by Crippen LogP contribution is -2.15. The molecule has 0 bridgehead atoms. The predicted molar refractivity (Wildman–Crippen MR) is 112 cm³/mol. The van der Waals surface area contributed by atoms with Crippen LogP contribution in [0.5, 0.6) is 0 Å². The SMILES string of the molecule is CC(C)c1c(C(=O)Nc2ccc3oc(C4CC4)nc3c2)cnn1-c1ccc(F)cc1. The van der Waals surface area contributed by atoms with Gasteiger partial charge in [0, 0.05) is 11.6 Å². The monoisotopic (exact) mass is 404 g/mol. The molecule has 1 aliphatic carbocycles. The molecule has 0 saturated heterocycles. The van der Waals surface area contributed by atoms with Gasteiger partial charge in [-0.15, -0.1) is 0 Å². The Kier molecular flexibility index (Phi) is 4.38. The van der Waals surface area contributed by atoms with E-state index in [2.05, 4.69) is 15.4 Å². The Balaban J connectivity index is 1.44. The number of anilines is 1. The van der Waals surface area contributed by atoms with Crippen LogP contribution in [0.4, 0.5) is 10.1 Å². The summed E-state index contributed by atoms with van der Waals surface area (Å²) >= 11 is 0. The summed E-state index contributed by atoms with van der Waals surface area (Å²) in [5.41, 5.74) is 4.05. The lowest BCUT2D eigenvalue weighted by atomic mass is 10.0. The zero-order valence-electron chi connectivity index (χ0n) is 16.7. The Hall–Kier alpha value is -3.48. The Morgan fingerprint density at radius 2 is 1.97 bits per heavy atom. The minimum absolute atomic E-state index is 0.0393. The highest BCUT2D eigenvalue weighted by Gasteiger charge is 2.29. The fraction of sp³-hybridized carbons (Fsp3) is 0.261. The van der Waals surface area contributed by atoms with Crippen molar-refractivity contribution in [3.63, 3.8) is 0 Å². The molecule has 30 heavy (non-hydrogen) atoms.